The zero-order chi connectivity index (χ0) is 12.3. The van der Waals surface area contributed by atoms with Crippen molar-refractivity contribution in [3.05, 3.63) is 12.0 Å². The Hall–Kier alpha value is -1.39. The summed E-state index contributed by atoms with van der Waals surface area (Å²) in [5, 5.41) is 3.17. The molecule has 0 saturated heterocycles. The Labute approximate surface area is 101 Å². The number of hydrogen-bond donors (Lipinski definition) is 2. The second-order valence-electron chi connectivity index (χ2n) is 4.79. The number of nitrogens with one attached hydrogen (secondary N) is 1. The second kappa shape index (κ2) is 5.29. The van der Waals surface area contributed by atoms with Crippen LogP contribution in [0, 0.1) is 11.7 Å². The fraction of sp³-hybridized carbons (Fsp3) is 0.667. The maximum Gasteiger partial charge on any atom is 0.222 e. The lowest BCUT2D eigenvalue weighted by molar-refractivity contribution is 0.453. The predicted molar refractivity (Wildman–Crippen MR) is 66.1 cm³/mol. The molecule has 1 heterocycles. The first-order valence-corrected chi connectivity index (χ1v) is 6.21. The summed E-state index contributed by atoms with van der Waals surface area (Å²) in [6, 6.07) is 0.279. The van der Waals surface area contributed by atoms with Gasteiger partial charge in [0.05, 0.1) is 6.20 Å². The molecule has 0 aromatic carbocycles. The number of nitrogens with zero attached hydrogens (tertiary/aromatic N) is 2. The molecule has 1 aromatic rings. The van der Waals surface area contributed by atoms with Crippen molar-refractivity contribution in [2.75, 3.05) is 11.1 Å². The molecule has 1 aromatic heterocycles. The van der Waals surface area contributed by atoms with Gasteiger partial charge in [0.2, 0.25) is 5.95 Å². The molecule has 0 spiro atoms. The van der Waals surface area contributed by atoms with Gasteiger partial charge in [-0.1, -0.05) is 26.2 Å². The van der Waals surface area contributed by atoms with Crippen LogP contribution in [-0.2, 0) is 0 Å². The van der Waals surface area contributed by atoms with Crippen molar-refractivity contribution in [1.29, 1.82) is 0 Å². The third kappa shape index (κ3) is 3.05. The van der Waals surface area contributed by atoms with E-state index in [-0.39, 0.29) is 17.8 Å². The van der Waals surface area contributed by atoms with Gasteiger partial charge < -0.3 is 11.1 Å². The summed E-state index contributed by atoms with van der Waals surface area (Å²) >= 11 is 0. The Balaban J connectivity index is 2.10. The van der Waals surface area contributed by atoms with Gasteiger partial charge in [-0.2, -0.15) is 4.98 Å². The lowest BCUT2D eigenvalue weighted by atomic mass is 9.97. The van der Waals surface area contributed by atoms with Crippen LogP contribution in [0.1, 0.15) is 39.0 Å². The topological polar surface area (TPSA) is 63.8 Å². The summed E-state index contributed by atoms with van der Waals surface area (Å²) < 4.78 is 13.5. The van der Waals surface area contributed by atoms with Crippen molar-refractivity contribution in [2.45, 2.75) is 45.1 Å². The highest BCUT2D eigenvalue weighted by Gasteiger charge is 2.21. The van der Waals surface area contributed by atoms with Gasteiger partial charge in [-0.25, -0.2) is 9.37 Å². The maximum atomic E-state index is 13.5. The summed E-state index contributed by atoms with van der Waals surface area (Å²) in [4.78, 5) is 7.53. The molecule has 94 valence electrons. The Morgan fingerprint density at radius 2 is 2.12 bits per heavy atom. The van der Waals surface area contributed by atoms with E-state index in [0.717, 1.165) is 12.6 Å². The molecule has 1 aliphatic rings. The molecule has 0 bridgehead atoms. The number of aromatic nitrogens is 2. The Morgan fingerprint density at radius 1 is 1.35 bits per heavy atom. The fourth-order valence-electron chi connectivity index (χ4n) is 2.37. The first kappa shape index (κ1) is 12.1. The molecule has 0 aliphatic heterocycles. The van der Waals surface area contributed by atoms with Gasteiger partial charge in [0.1, 0.15) is 0 Å². The molecule has 4 nitrogen and oxygen atoms in total. The minimum atomic E-state index is -0.435. The van der Waals surface area contributed by atoms with Gasteiger partial charge in [-0.15, -0.1) is 0 Å². The zero-order valence-corrected chi connectivity index (χ0v) is 10.1. The number of nitrogens with two attached hydrogens (primary N) is 1. The summed E-state index contributed by atoms with van der Waals surface area (Å²) in [7, 11) is 0. The molecule has 3 N–H and O–H groups in total. The Kier molecular flexibility index (Phi) is 3.76. The van der Waals surface area contributed by atoms with E-state index in [1.165, 1.54) is 25.7 Å². The minimum Gasteiger partial charge on any atom is -0.368 e. The quantitative estimate of drug-likeness (QED) is 0.777. The number of anilines is 2. The highest BCUT2D eigenvalue weighted by Crippen LogP contribution is 2.26. The molecular weight excluding hydrogens is 219 g/mol. The van der Waals surface area contributed by atoms with Crippen LogP contribution in [0.4, 0.5) is 16.2 Å². The van der Waals surface area contributed by atoms with Gasteiger partial charge in [-0.05, 0) is 18.8 Å². The number of hydrogen-bond acceptors (Lipinski definition) is 4. The minimum absolute atomic E-state index is 0.107. The Morgan fingerprint density at radius 3 is 2.94 bits per heavy atom. The van der Waals surface area contributed by atoms with Crippen LogP contribution < -0.4 is 11.1 Å². The Bertz CT molecular complexity index is 383. The van der Waals surface area contributed by atoms with Crippen LogP contribution >= 0.6 is 0 Å². The highest BCUT2D eigenvalue weighted by atomic mass is 19.1. The third-order valence-corrected chi connectivity index (χ3v) is 3.45. The van der Waals surface area contributed by atoms with Crippen LogP contribution in [0.5, 0.6) is 0 Å². The van der Waals surface area contributed by atoms with Crippen molar-refractivity contribution in [2.24, 2.45) is 5.92 Å². The molecule has 1 aliphatic carbocycles. The highest BCUT2D eigenvalue weighted by molar-refractivity contribution is 5.40. The molecule has 5 heteroatoms. The molecular formula is C12H19FN4. The molecule has 0 amide bonds. The van der Waals surface area contributed by atoms with Gasteiger partial charge >= 0.3 is 0 Å². The third-order valence-electron chi connectivity index (χ3n) is 3.45. The van der Waals surface area contributed by atoms with Crippen LogP contribution in [-0.4, -0.2) is 16.0 Å². The molecule has 1 saturated carbocycles. The van der Waals surface area contributed by atoms with Crippen LogP contribution in [0.2, 0.25) is 0 Å². The first-order valence-electron chi connectivity index (χ1n) is 6.21. The van der Waals surface area contributed by atoms with Gasteiger partial charge in [0.15, 0.2) is 11.6 Å². The number of halogens is 1. The normalized spacial score (nSPS) is 25.3. The molecule has 17 heavy (non-hydrogen) atoms. The van der Waals surface area contributed by atoms with Crippen molar-refractivity contribution < 1.29 is 4.39 Å². The lowest BCUT2D eigenvalue weighted by Gasteiger charge is -2.23. The monoisotopic (exact) mass is 238 g/mol. The first-order chi connectivity index (χ1) is 8.16. The zero-order valence-electron chi connectivity index (χ0n) is 10.1. The summed E-state index contributed by atoms with van der Waals surface area (Å²) in [6.45, 7) is 2.20. The average Bonchev–Trinajstić information content (AvgIpc) is 2.50. The van der Waals surface area contributed by atoms with Crippen molar-refractivity contribution in [3.8, 4) is 0 Å². The van der Waals surface area contributed by atoms with E-state index >= 15 is 0 Å². The van der Waals surface area contributed by atoms with Gasteiger partial charge in [-0.3, -0.25) is 0 Å². The van der Waals surface area contributed by atoms with Crippen molar-refractivity contribution >= 4 is 11.8 Å². The second-order valence-corrected chi connectivity index (χ2v) is 4.79. The van der Waals surface area contributed by atoms with E-state index < -0.39 is 5.82 Å². The summed E-state index contributed by atoms with van der Waals surface area (Å²) in [5.41, 5.74) is 5.47. The van der Waals surface area contributed by atoms with Crippen LogP contribution in [0.25, 0.3) is 0 Å². The maximum absolute atomic E-state index is 13.5. The summed E-state index contributed by atoms with van der Waals surface area (Å²) in [5.74, 6) is 0.440. The predicted octanol–water partition coefficient (Wildman–Crippen LogP) is 2.58. The lowest BCUT2D eigenvalue weighted by Crippen LogP contribution is -2.27. The van der Waals surface area contributed by atoms with E-state index in [0.29, 0.717) is 5.92 Å². The van der Waals surface area contributed by atoms with E-state index in [4.69, 9.17) is 5.73 Å². The van der Waals surface area contributed by atoms with Gasteiger partial charge in [0.25, 0.3) is 0 Å². The SMILES string of the molecule is CC1CCCCCC1Nc1nc(N)ncc1F. The van der Waals surface area contributed by atoms with Crippen molar-refractivity contribution in [1.82, 2.24) is 9.97 Å². The standard InChI is InChI=1S/C12H19FN4/c1-8-5-3-2-4-6-10(8)16-11-9(13)7-15-12(14)17-11/h7-8,10H,2-6H2,1H3,(H3,14,15,16,17). The van der Waals surface area contributed by atoms with E-state index in [1.54, 1.807) is 0 Å². The van der Waals surface area contributed by atoms with E-state index in [2.05, 4.69) is 22.2 Å². The van der Waals surface area contributed by atoms with E-state index in [9.17, 15) is 4.39 Å². The molecule has 2 atom stereocenters. The fourth-order valence-corrected chi connectivity index (χ4v) is 2.37. The largest absolute Gasteiger partial charge is 0.368 e. The van der Waals surface area contributed by atoms with Gasteiger partial charge in [0, 0.05) is 6.04 Å². The van der Waals surface area contributed by atoms with Crippen LogP contribution in [0.15, 0.2) is 6.20 Å². The number of nitrogen functional groups attached to an aromatic ring is 1. The van der Waals surface area contributed by atoms with Crippen LogP contribution in [0.3, 0.4) is 0 Å². The van der Waals surface area contributed by atoms with E-state index in [1.807, 2.05) is 0 Å². The average molecular weight is 238 g/mol. The summed E-state index contributed by atoms with van der Waals surface area (Å²) in [6.07, 6.45) is 7.06. The molecule has 0 radical (unpaired) electrons. The smallest absolute Gasteiger partial charge is 0.222 e. The molecule has 1 fully saturated rings. The van der Waals surface area contributed by atoms with Crippen molar-refractivity contribution in [3.63, 3.8) is 0 Å². The number of rotatable bonds is 2. The molecule has 2 rings (SSSR count). The molecule has 2 unspecified atom stereocenters.